The fraction of sp³-hybridized carbons (Fsp3) is 0.647. The molecule has 3 heteroatoms. The predicted octanol–water partition coefficient (Wildman–Crippen LogP) is 5.08. The maximum Gasteiger partial charge on any atom is 0.137 e. The van der Waals surface area contributed by atoms with Crippen LogP contribution in [0, 0.1) is 11.7 Å². The molecule has 1 aliphatic carbocycles. The zero-order valence-electron chi connectivity index (χ0n) is 12.3. The van der Waals surface area contributed by atoms with E-state index in [9.17, 15) is 4.39 Å². The molecule has 1 fully saturated rings. The minimum Gasteiger partial charge on any atom is -0.314 e. The van der Waals surface area contributed by atoms with Gasteiger partial charge in [0.1, 0.15) is 5.82 Å². The highest BCUT2D eigenvalue weighted by Gasteiger charge is 2.18. The fourth-order valence-electron chi connectivity index (χ4n) is 3.27. The Balaban J connectivity index is 1.92. The molecule has 0 aromatic heterocycles. The Morgan fingerprint density at radius 2 is 2.10 bits per heavy atom. The largest absolute Gasteiger partial charge is 0.314 e. The Labute approximate surface area is 130 Å². The van der Waals surface area contributed by atoms with Crippen molar-refractivity contribution in [3.05, 3.63) is 34.1 Å². The Morgan fingerprint density at radius 1 is 1.35 bits per heavy atom. The number of hydrogen-bond acceptors (Lipinski definition) is 1. The van der Waals surface area contributed by atoms with E-state index in [-0.39, 0.29) is 5.82 Å². The van der Waals surface area contributed by atoms with Crippen molar-refractivity contribution in [1.82, 2.24) is 5.32 Å². The van der Waals surface area contributed by atoms with Crippen molar-refractivity contribution in [2.75, 3.05) is 6.54 Å². The lowest BCUT2D eigenvalue weighted by atomic mass is 9.95. The van der Waals surface area contributed by atoms with Gasteiger partial charge in [0, 0.05) is 6.04 Å². The van der Waals surface area contributed by atoms with Crippen molar-refractivity contribution in [2.45, 2.75) is 57.9 Å². The summed E-state index contributed by atoms with van der Waals surface area (Å²) in [4.78, 5) is 0. The predicted molar refractivity (Wildman–Crippen MR) is 86.5 cm³/mol. The van der Waals surface area contributed by atoms with Crippen LogP contribution in [0.3, 0.4) is 0 Å². The molecule has 0 bridgehead atoms. The van der Waals surface area contributed by atoms with Gasteiger partial charge in [-0.2, -0.15) is 0 Å². The van der Waals surface area contributed by atoms with Crippen LogP contribution < -0.4 is 5.32 Å². The first-order valence-corrected chi connectivity index (χ1v) is 8.66. The second-order valence-electron chi connectivity index (χ2n) is 5.90. The molecule has 0 radical (unpaired) electrons. The SMILES string of the molecule is CCNC(CCC1CCCC1)Cc1cccc(F)c1Br. The minimum atomic E-state index is -0.159. The molecule has 1 saturated carbocycles. The summed E-state index contributed by atoms with van der Waals surface area (Å²) in [5.74, 6) is 0.764. The van der Waals surface area contributed by atoms with E-state index in [2.05, 4.69) is 28.2 Å². The van der Waals surface area contributed by atoms with Crippen molar-refractivity contribution < 1.29 is 4.39 Å². The first-order valence-electron chi connectivity index (χ1n) is 7.87. The third-order valence-corrected chi connectivity index (χ3v) is 5.28. The summed E-state index contributed by atoms with van der Waals surface area (Å²) in [6, 6.07) is 5.79. The van der Waals surface area contributed by atoms with Crippen LogP contribution in [0.2, 0.25) is 0 Å². The molecule has 0 aliphatic heterocycles. The molecule has 0 saturated heterocycles. The smallest absolute Gasteiger partial charge is 0.137 e. The van der Waals surface area contributed by atoms with Crippen molar-refractivity contribution in [3.8, 4) is 0 Å². The first kappa shape index (κ1) is 16.0. The maximum atomic E-state index is 13.6. The number of rotatable bonds is 7. The summed E-state index contributed by atoms with van der Waals surface area (Å²) < 4.78 is 14.2. The lowest BCUT2D eigenvalue weighted by molar-refractivity contribution is 0.407. The third kappa shape index (κ3) is 4.56. The number of likely N-dealkylation sites (N-methyl/N-ethyl adjacent to an activating group) is 1. The van der Waals surface area contributed by atoms with Crippen LogP contribution in [-0.2, 0) is 6.42 Å². The zero-order chi connectivity index (χ0) is 14.4. The number of halogens is 2. The van der Waals surface area contributed by atoms with E-state index in [1.54, 1.807) is 6.07 Å². The van der Waals surface area contributed by atoms with Crippen LogP contribution in [0.15, 0.2) is 22.7 Å². The minimum absolute atomic E-state index is 0.159. The number of hydrogen-bond donors (Lipinski definition) is 1. The molecule has 1 atom stereocenters. The molecule has 1 aromatic rings. The third-order valence-electron chi connectivity index (χ3n) is 4.39. The van der Waals surface area contributed by atoms with Crippen molar-refractivity contribution in [3.63, 3.8) is 0 Å². The normalized spacial score (nSPS) is 17.6. The van der Waals surface area contributed by atoms with Crippen molar-refractivity contribution in [1.29, 1.82) is 0 Å². The van der Waals surface area contributed by atoms with Gasteiger partial charge in [0.2, 0.25) is 0 Å². The molecule has 1 N–H and O–H groups in total. The topological polar surface area (TPSA) is 12.0 Å². The molecular weight excluding hydrogens is 317 g/mol. The van der Waals surface area contributed by atoms with Gasteiger partial charge in [-0.25, -0.2) is 4.39 Å². The van der Waals surface area contributed by atoms with Crippen LogP contribution >= 0.6 is 15.9 Å². The van der Waals surface area contributed by atoms with E-state index >= 15 is 0 Å². The Hall–Kier alpha value is -0.410. The molecule has 2 rings (SSSR count). The highest BCUT2D eigenvalue weighted by molar-refractivity contribution is 9.10. The Morgan fingerprint density at radius 3 is 2.80 bits per heavy atom. The summed E-state index contributed by atoms with van der Waals surface area (Å²) in [7, 11) is 0. The second-order valence-corrected chi connectivity index (χ2v) is 6.69. The average molecular weight is 342 g/mol. The molecule has 20 heavy (non-hydrogen) atoms. The van der Waals surface area contributed by atoms with E-state index in [0.29, 0.717) is 10.5 Å². The molecule has 1 nitrogen and oxygen atoms in total. The van der Waals surface area contributed by atoms with Gasteiger partial charge in [-0.3, -0.25) is 0 Å². The van der Waals surface area contributed by atoms with Crippen molar-refractivity contribution >= 4 is 15.9 Å². The van der Waals surface area contributed by atoms with Gasteiger partial charge in [-0.15, -0.1) is 0 Å². The van der Waals surface area contributed by atoms with Crippen LogP contribution in [0.4, 0.5) is 4.39 Å². The summed E-state index contributed by atoms with van der Waals surface area (Å²) in [6.07, 6.45) is 9.04. The van der Waals surface area contributed by atoms with E-state index < -0.39 is 0 Å². The van der Waals surface area contributed by atoms with E-state index in [1.807, 2.05) is 6.07 Å². The summed E-state index contributed by atoms with van der Waals surface area (Å²) in [5, 5.41) is 3.56. The van der Waals surface area contributed by atoms with Gasteiger partial charge >= 0.3 is 0 Å². The lowest BCUT2D eigenvalue weighted by Gasteiger charge is -2.20. The monoisotopic (exact) mass is 341 g/mol. The van der Waals surface area contributed by atoms with E-state index in [0.717, 1.165) is 24.4 Å². The van der Waals surface area contributed by atoms with Crippen LogP contribution in [0.5, 0.6) is 0 Å². The van der Waals surface area contributed by atoms with Gasteiger partial charge in [0.05, 0.1) is 4.47 Å². The molecule has 0 amide bonds. The quantitative estimate of drug-likeness (QED) is 0.729. The summed E-state index contributed by atoms with van der Waals surface area (Å²) in [6.45, 7) is 3.12. The Bertz CT molecular complexity index is 415. The van der Waals surface area contributed by atoms with Crippen LogP contribution in [0.1, 0.15) is 51.0 Å². The van der Waals surface area contributed by atoms with Gasteiger partial charge in [-0.05, 0) is 59.3 Å². The maximum absolute atomic E-state index is 13.6. The van der Waals surface area contributed by atoms with Gasteiger partial charge in [0.15, 0.2) is 0 Å². The lowest BCUT2D eigenvalue weighted by Crippen LogP contribution is -2.31. The summed E-state index contributed by atoms with van der Waals surface area (Å²) >= 11 is 3.37. The van der Waals surface area contributed by atoms with Gasteiger partial charge < -0.3 is 5.32 Å². The molecule has 1 aliphatic rings. The number of benzene rings is 1. The van der Waals surface area contributed by atoms with Gasteiger partial charge in [0.25, 0.3) is 0 Å². The molecule has 112 valence electrons. The standard InChI is InChI=1S/C17H25BrFN/c1-2-20-15(11-10-13-6-3-4-7-13)12-14-8-5-9-16(19)17(14)18/h5,8-9,13,15,20H,2-4,6-7,10-12H2,1H3. The molecule has 0 heterocycles. The van der Waals surface area contributed by atoms with Crippen molar-refractivity contribution in [2.24, 2.45) is 5.92 Å². The molecule has 0 spiro atoms. The highest BCUT2D eigenvalue weighted by Crippen LogP contribution is 2.30. The van der Waals surface area contributed by atoms with Crippen LogP contribution in [-0.4, -0.2) is 12.6 Å². The second kappa shape index (κ2) is 8.14. The van der Waals surface area contributed by atoms with E-state index in [1.165, 1.54) is 44.6 Å². The molecular formula is C17H25BrFN. The molecule has 1 unspecified atom stereocenters. The van der Waals surface area contributed by atoms with E-state index in [4.69, 9.17) is 0 Å². The highest BCUT2D eigenvalue weighted by atomic mass is 79.9. The Kier molecular flexibility index (Phi) is 6.50. The summed E-state index contributed by atoms with van der Waals surface area (Å²) in [5.41, 5.74) is 1.07. The number of nitrogens with one attached hydrogen (secondary N) is 1. The van der Waals surface area contributed by atoms with Gasteiger partial charge in [-0.1, -0.05) is 44.7 Å². The average Bonchev–Trinajstić information content (AvgIpc) is 2.94. The molecule has 1 aromatic carbocycles. The fourth-order valence-corrected chi connectivity index (χ4v) is 3.70. The van der Waals surface area contributed by atoms with Crippen LogP contribution in [0.25, 0.3) is 0 Å². The zero-order valence-corrected chi connectivity index (χ0v) is 13.9. The first-order chi connectivity index (χ1) is 9.70.